The van der Waals surface area contributed by atoms with Crippen molar-refractivity contribution in [3.8, 4) is 0 Å². The summed E-state index contributed by atoms with van der Waals surface area (Å²) >= 11 is 0. The molecular formula is C17H22BN3O4S. The maximum absolute atomic E-state index is 12.1. The smallest absolute Gasteiger partial charge is 0.531 e. The van der Waals surface area contributed by atoms with E-state index in [1.165, 1.54) is 0 Å². The van der Waals surface area contributed by atoms with Gasteiger partial charge in [0, 0.05) is 23.4 Å². The minimum absolute atomic E-state index is 0.0136. The van der Waals surface area contributed by atoms with Crippen LogP contribution in [0.1, 0.15) is 32.6 Å². The first-order chi connectivity index (χ1) is 12.4. The summed E-state index contributed by atoms with van der Waals surface area (Å²) in [5.41, 5.74) is 4.06. The molecule has 3 heterocycles. The Bertz CT molecular complexity index is 882. The van der Waals surface area contributed by atoms with Gasteiger partial charge in [-0.25, -0.2) is 13.1 Å². The summed E-state index contributed by atoms with van der Waals surface area (Å²) in [6, 6.07) is -0.0151. The number of hydrogen-bond acceptors (Lipinski definition) is 6. The van der Waals surface area contributed by atoms with Crippen LogP contribution in [0, 0.1) is 5.92 Å². The summed E-state index contributed by atoms with van der Waals surface area (Å²) in [5.74, 6) is 0.874. The third-order valence-electron chi connectivity index (χ3n) is 5.90. The molecule has 7 nitrogen and oxygen atoms in total. The largest absolute Gasteiger partial charge is 0.555 e. The molecule has 0 aromatic heterocycles. The lowest BCUT2D eigenvalue weighted by Crippen LogP contribution is -2.48. The van der Waals surface area contributed by atoms with E-state index >= 15 is 0 Å². The second-order valence-corrected chi connectivity index (χ2v) is 9.73. The van der Waals surface area contributed by atoms with Crippen LogP contribution in [-0.4, -0.2) is 38.0 Å². The third-order valence-corrected chi connectivity index (χ3v) is 7.91. The number of fused-ring (bicyclic) bond motifs is 2. The second kappa shape index (κ2) is 5.64. The maximum Gasteiger partial charge on any atom is 0.555 e. The molecule has 0 radical (unpaired) electrons. The Labute approximate surface area is 153 Å². The molecule has 4 N–H and O–H groups in total. The molecule has 0 saturated heterocycles. The van der Waals surface area contributed by atoms with Gasteiger partial charge in [0.1, 0.15) is 11.9 Å². The predicted octanol–water partition coefficient (Wildman–Crippen LogP) is 0.397. The van der Waals surface area contributed by atoms with E-state index in [0.29, 0.717) is 5.76 Å². The van der Waals surface area contributed by atoms with Crippen LogP contribution in [0.4, 0.5) is 0 Å². The van der Waals surface area contributed by atoms with E-state index in [1.807, 2.05) is 19.2 Å². The van der Waals surface area contributed by atoms with Crippen molar-refractivity contribution in [3.63, 3.8) is 0 Å². The summed E-state index contributed by atoms with van der Waals surface area (Å²) in [4.78, 5) is 0. The van der Waals surface area contributed by atoms with Gasteiger partial charge in [0.05, 0.1) is 5.25 Å². The van der Waals surface area contributed by atoms with Crippen molar-refractivity contribution in [2.75, 3.05) is 0 Å². The molecule has 0 aromatic rings. The first-order valence-electron chi connectivity index (χ1n) is 9.14. The quantitative estimate of drug-likeness (QED) is 0.531. The molecule has 2 fully saturated rings. The predicted molar refractivity (Wildman–Crippen MR) is 97.7 cm³/mol. The van der Waals surface area contributed by atoms with E-state index in [-0.39, 0.29) is 23.4 Å². The highest BCUT2D eigenvalue weighted by molar-refractivity contribution is 7.90. The number of dihydropyridines is 1. The van der Waals surface area contributed by atoms with Gasteiger partial charge in [-0.1, -0.05) is 0 Å². The van der Waals surface area contributed by atoms with Crippen molar-refractivity contribution >= 4 is 17.1 Å². The van der Waals surface area contributed by atoms with E-state index in [4.69, 9.17) is 4.65 Å². The first-order valence-corrected chi connectivity index (χ1v) is 10.7. The number of sulfonamides is 1. The van der Waals surface area contributed by atoms with Crippen LogP contribution in [0.3, 0.4) is 0 Å². The molecule has 138 valence electrons. The van der Waals surface area contributed by atoms with Crippen LogP contribution in [0.25, 0.3) is 0 Å². The zero-order chi connectivity index (χ0) is 18.1. The third kappa shape index (κ3) is 2.52. The molecule has 1 unspecified atom stereocenters. The molecular weight excluding hydrogens is 353 g/mol. The van der Waals surface area contributed by atoms with Gasteiger partial charge in [0.2, 0.25) is 10.0 Å². The van der Waals surface area contributed by atoms with Gasteiger partial charge in [0.15, 0.2) is 0 Å². The summed E-state index contributed by atoms with van der Waals surface area (Å²) in [6.07, 6.45) is 8.80. The summed E-state index contributed by atoms with van der Waals surface area (Å²) < 4.78 is 32.8. The van der Waals surface area contributed by atoms with E-state index in [2.05, 4.69) is 15.4 Å². The molecule has 0 spiro atoms. The fourth-order valence-electron chi connectivity index (χ4n) is 4.26. The Kier molecular flexibility index (Phi) is 3.57. The second-order valence-electron chi connectivity index (χ2n) is 7.73. The lowest BCUT2D eigenvalue weighted by molar-refractivity contribution is 0.275. The fourth-order valence-corrected chi connectivity index (χ4v) is 5.87. The number of allylic oxidation sites excluding steroid dienone is 2. The molecule has 0 aromatic carbocycles. The Morgan fingerprint density at radius 3 is 2.81 bits per heavy atom. The molecule has 2 saturated carbocycles. The monoisotopic (exact) mass is 375 g/mol. The number of nitrogens with one attached hydrogen (secondary N) is 3. The summed E-state index contributed by atoms with van der Waals surface area (Å²) in [6.45, 7) is 1.90. The molecule has 2 aliphatic carbocycles. The van der Waals surface area contributed by atoms with Crippen LogP contribution in [0.5, 0.6) is 0 Å². The molecule has 0 bridgehead atoms. The summed E-state index contributed by atoms with van der Waals surface area (Å²) in [7, 11) is -4.12. The van der Waals surface area contributed by atoms with E-state index in [0.717, 1.165) is 47.9 Å². The van der Waals surface area contributed by atoms with Crippen molar-refractivity contribution in [1.82, 2.24) is 15.4 Å². The topological polar surface area (TPSA) is 99.7 Å². The molecule has 3 aliphatic heterocycles. The van der Waals surface area contributed by atoms with Gasteiger partial charge in [0.25, 0.3) is 0 Å². The molecule has 26 heavy (non-hydrogen) atoms. The van der Waals surface area contributed by atoms with Crippen LogP contribution in [-0.2, 0) is 14.7 Å². The highest BCUT2D eigenvalue weighted by atomic mass is 32.2. The van der Waals surface area contributed by atoms with Gasteiger partial charge in [-0.05, 0) is 61.8 Å². The average Bonchev–Trinajstić information content (AvgIpc) is 3.32. The first kappa shape index (κ1) is 16.5. The molecule has 5 aliphatic rings. The van der Waals surface area contributed by atoms with E-state index < -0.39 is 17.1 Å². The highest BCUT2D eigenvalue weighted by Gasteiger charge is 2.45. The van der Waals surface area contributed by atoms with Gasteiger partial charge in [-0.3, -0.25) is 0 Å². The fraction of sp³-hybridized carbons (Fsp3) is 0.529. The molecule has 1 atom stereocenters. The number of hydrogen-bond donors (Lipinski definition) is 4. The minimum Gasteiger partial charge on any atom is -0.531 e. The normalized spacial score (nSPS) is 32.9. The summed E-state index contributed by atoms with van der Waals surface area (Å²) in [5, 5.41) is 16.6. The van der Waals surface area contributed by atoms with Crippen LogP contribution < -0.4 is 15.4 Å². The SMILES string of the molecule is CC1=C(C2CC(NS(=O)(=O)C3CC3)C2)C2=C3C=CNC3NC=C2OB1O. The minimum atomic E-state index is -3.16. The van der Waals surface area contributed by atoms with Crippen molar-refractivity contribution in [2.45, 2.75) is 50.1 Å². The highest BCUT2D eigenvalue weighted by Crippen LogP contribution is 2.47. The average molecular weight is 375 g/mol. The number of rotatable bonds is 4. The van der Waals surface area contributed by atoms with Crippen molar-refractivity contribution in [1.29, 1.82) is 0 Å². The van der Waals surface area contributed by atoms with Crippen LogP contribution >= 0.6 is 0 Å². The Balaban J connectivity index is 1.41. The lowest BCUT2D eigenvalue weighted by atomic mass is 9.63. The van der Waals surface area contributed by atoms with Crippen LogP contribution in [0.15, 0.2) is 46.4 Å². The standard InChI is InChI=1S/C17H22BN3O4S/c1-9-15(10-6-11(7-10)21-26(23,24)12-2-3-12)16-13-4-5-19-17(13)20-8-14(16)25-18(9)22/h4-5,8,10-12,17,19-22H,2-3,6-7H2,1H3. The molecule has 0 amide bonds. The lowest BCUT2D eigenvalue weighted by Gasteiger charge is -2.42. The van der Waals surface area contributed by atoms with Gasteiger partial charge >= 0.3 is 7.12 Å². The van der Waals surface area contributed by atoms with Crippen molar-refractivity contribution in [2.24, 2.45) is 5.92 Å². The maximum atomic E-state index is 12.1. The van der Waals surface area contributed by atoms with Crippen molar-refractivity contribution < 1.29 is 18.1 Å². The zero-order valence-corrected chi connectivity index (χ0v) is 15.3. The Morgan fingerprint density at radius 1 is 1.31 bits per heavy atom. The van der Waals surface area contributed by atoms with Gasteiger partial charge in [-0.2, -0.15) is 0 Å². The Morgan fingerprint density at radius 2 is 2.08 bits per heavy atom. The zero-order valence-electron chi connectivity index (χ0n) is 14.5. The van der Waals surface area contributed by atoms with Crippen molar-refractivity contribution in [3.05, 3.63) is 46.4 Å². The van der Waals surface area contributed by atoms with Gasteiger partial charge in [-0.15, -0.1) is 0 Å². The van der Waals surface area contributed by atoms with Crippen LogP contribution in [0.2, 0.25) is 0 Å². The molecule has 9 heteroatoms. The van der Waals surface area contributed by atoms with Gasteiger partial charge < -0.3 is 20.3 Å². The van der Waals surface area contributed by atoms with E-state index in [9.17, 15) is 13.4 Å². The van der Waals surface area contributed by atoms with E-state index in [1.54, 1.807) is 6.20 Å². The molecule has 5 rings (SSSR count). The Hall–Kier alpha value is -1.71.